The van der Waals surface area contributed by atoms with Gasteiger partial charge in [0.25, 0.3) is 0 Å². The Hall–Kier alpha value is -3.02. The first-order chi connectivity index (χ1) is 11.9. The molecule has 25 heavy (non-hydrogen) atoms. The highest BCUT2D eigenvalue weighted by Crippen LogP contribution is 2.18. The summed E-state index contributed by atoms with van der Waals surface area (Å²) in [6.45, 7) is 3.41. The summed E-state index contributed by atoms with van der Waals surface area (Å²) in [6.07, 6.45) is 0. The van der Waals surface area contributed by atoms with Crippen molar-refractivity contribution >= 4 is 34.4 Å². The van der Waals surface area contributed by atoms with Crippen molar-refractivity contribution in [3.63, 3.8) is 0 Å². The van der Waals surface area contributed by atoms with Crippen LogP contribution >= 0.6 is 0 Å². The van der Waals surface area contributed by atoms with Gasteiger partial charge in [-0.2, -0.15) is 0 Å². The van der Waals surface area contributed by atoms with Crippen LogP contribution in [0.25, 0.3) is 10.8 Å². The van der Waals surface area contributed by atoms with Gasteiger partial charge in [0.15, 0.2) is 5.78 Å². The van der Waals surface area contributed by atoms with Crippen molar-refractivity contribution in [1.82, 2.24) is 9.80 Å². The molecule has 4 amide bonds. The summed E-state index contributed by atoms with van der Waals surface area (Å²) in [6, 6.07) is 12.0. The van der Waals surface area contributed by atoms with Gasteiger partial charge >= 0.3 is 17.8 Å². The maximum absolute atomic E-state index is 12.5. The van der Waals surface area contributed by atoms with Crippen molar-refractivity contribution in [3.05, 3.63) is 48.0 Å². The third kappa shape index (κ3) is 3.15. The van der Waals surface area contributed by atoms with E-state index in [0.717, 1.165) is 20.6 Å². The van der Waals surface area contributed by atoms with Crippen molar-refractivity contribution in [3.8, 4) is 0 Å². The van der Waals surface area contributed by atoms with Crippen LogP contribution in [-0.2, 0) is 9.59 Å². The summed E-state index contributed by atoms with van der Waals surface area (Å²) < 4.78 is 0. The monoisotopic (exact) mass is 338 g/mol. The average Bonchev–Trinajstić information content (AvgIpc) is 2.79. The fourth-order valence-corrected chi connectivity index (χ4v) is 2.81. The van der Waals surface area contributed by atoms with E-state index in [1.807, 2.05) is 44.2 Å². The second kappa shape index (κ2) is 6.47. The highest BCUT2D eigenvalue weighted by atomic mass is 16.2. The van der Waals surface area contributed by atoms with Gasteiger partial charge in [0.1, 0.15) is 0 Å². The van der Waals surface area contributed by atoms with Crippen LogP contribution in [0.15, 0.2) is 42.5 Å². The maximum atomic E-state index is 12.5. The minimum atomic E-state index is -0.945. The van der Waals surface area contributed by atoms with Crippen molar-refractivity contribution in [2.75, 3.05) is 13.1 Å². The first-order valence-corrected chi connectivity index (χ1v) is 8.08. The third-order valence-corrected chi connectivity index (χ3v) is 4.06. The lowest BCUT2D eigenvalue weighted by molar-refractivity contribution is -0.143. The number of benzene rings is 2. The van der Waals surface area contributed by atoms with Crippen molar-refractivity contribution in [1.29, 1.82) is 0 Å². The third-order valence-electron chi connectivity index (χ3n) is 4.06. The standard InChI is InChI=1S/C19H18N2O4/c1-12(2)10-20-17(23)18(24)21(19(20)25)11-16(22)15-8-7-13-5-3-4-6-14(13)9-15/h3-9,12H,10-11H2,1-2H3. The Labute approximate surface area is 145 Å². The SMILES string of the molecule is CC(C)CN1C(=O)C(=O)N(CC(=O)c2ccc3ccccc3c2)C1=O. The van der Waals surface area contributed by atoms with Gasteiger partial charge in [-0.3, -0.25) is 19.3 Å². The molecule has 1 aliphatic heterocycles. The van der Waals surface area contributed by atoms with Crippen LogP contribution in [0, 0.1) is 5.92 Å². The topological polar surface area (TPSA) is 74.8 Å². The normalized spacial score (nSPS) is 14.9. The quantitative estimate of drug-likeness (QED) is 0.477. The second-order valence-electron chi connectivity index (χ2n) is 6.47. The van der Waals surface area contributed by atoms with E-state index < -0.39 is 24.4 Å². The molecule has 0 spiro atoms. The Morgan fingerprint density at radius 2 is 1.56 bits per heavy atom. The van der Waals surface area contributed by atoms with Crippen LogP contribution in [-0.4, -0.2) is 46.5 Å². The molecule has 0 radical (unpaired) electrons. The Kier molecular flexibility index (Phi) is 4.35. The highest BCUT2D eigenvalue weighted by Gasteiger charge is 2.45. The molecule has 0 unspecified atom stereocenters. The molecule has 0 aromatic heterocycles. The van der Waals surface area contributed by atoms with E-state index in [0.29, 0.717) is 5.56 Å². The van der Waals surface area contributed by atoms with Crippen LogP contribution in [0.4, 0.5) is 4.79 Å². The van der Waals surface area contributed by atoms with Crippen LogP contribution < -0.4 is 0 Å². The molecule has 0 N–H and O–H groups in total. The van der Waals surface area contributed by atoms with E-state index in [-0.39, 0.29) is 18.2 Å². The van der Waals surface area contributed by atoms with Gasteiger partial charge in [-0.05, 0) is 22.8 Å². The van der Waals surface area contributed by atoms with E-state index in [4.69, 9.17) is 0 Å². The van der Waals surface area contributed by atoms with Crippen LogP contribution in [0.1, 0.15) is 24.2 Å². The van der Waals surface area contributed by atoms with Gasteiger partial charge in [0.2, 0.25) is 0 Å². The van der Waals surface area contributed by atoms with Gasteiger partial charge in [-0.1, -0.05) is 50.2 Å². The number of urea groups is 1. The summed E-state index contributed by atoms with van der Waals surface area (Å²) in [4.78, 5) is 50.4. The Bertz CT molecular complexity index is 888. The molecule has 1 fully saturated rings. The summed E-state index contributed by atoms with van der Waals surface area (Å²) in [7, 11) is 0. The minimum Gasteiger partial charge on any atom is -0.292 e. The highest BCUT2D eigenvalue weighted by molar-refractivity contribution is 6.45. The minimum absolute atomic E-state index is 0.0387. The number of hydrogen-bond acceptors (Lipinski definition) is 4. The van der Waals surface area contributed by atoms with Gasteiger partial charge < -0.3 is 0 Å². The van der Waals surface area contributed by atoms with Gasteiger partial charge in [0.05, 0.1) is 6.54 Å². The van der Waals surface area contributed by atoms with Crippen molar-refractivity contribution in [2.24, 2.45) is 5.92 Å². The van der Waals surface area contributed by atoms with Crippen LogP contribution in [0.2, 0.25) is 0 Å². The number of Topliss-reactive ketones (excluding diaryl/α,β-unsaturated/α-hetero) is 1. The summed E-state index contributed by atoms with van der Waals surface area (Å²) >= 11 is 0. The summed E-state index contributed by atoms with van der Waals surface area (Å²) in [5, 5.41) is 1.88. The Morgan fingerprint density at radius 3 is 2.24 bits per heavy atom. The molecule has 0 atom stereocenters. The predicted octanol–water partition coefficient (Wildman–Crippen LogP) is 2.47. The van der Waals surface area contributed by atoms with Crippen molar-refractivity contribution < 1.29 is 19.2 Å². The number of imide groups is 2. The number of rotatable bonds is 5. The first-order valence-electron chi connectivity index (χ1n) is 8.08. The number of carbonyl (C=O) groups excluding carboxylic acids is 4. The second-order valence-corrected chi connectivity index (χ2v) is 6.47. The fraction of sp³-hybridized carbons (Fsp3) is 0.263. The molecule has 1 heterocycles. The lowest BCUT2D eigenvalue weighted by atomic mass is 10.0. The van der Waals surface area contributed by atoms with E-state index in [1.54, 1.807) is 12.1 Å². The zero-order valence-electron chi connectivity index (χ0n) is 14.1. The molecular weight excluding hydrogens is 320 g/mol. The van der Waals surface area contributed by atoms with Crippen molar-refractivity contribution in [2.45, 2.75) is 13.8 Å². The summed E-state index contributed by atoms with van der Waals surface area (Å²) in [5.74, 6) is -2.16. The lowest BCUT2D eigenvalue weighted by Crippen LogP contribution is -2.38. The van der Waals surface area contributed by atoms with E-state index in [1.165, 1.54) is 0 Å². The molecule has 0 saturated carbocycles. The van der Waals surface area contributed by atoms with Gasteiger partial charge in [0, 0.05) is 12.1 Å². The molecule has 1 saturated heterocycles. The summed E-state index contributed by atoms with van der Waals surface area (Å²) in [5.41, 5.74) is 0.397. The van der Waals surface area contributed by atoms with E-state index in [2.05, 4.69) is 0 Å². The average molecular weight is 338 g/mol. The number of nitrogens with zero attached hydrogens (tertiary/aromatic N) is 2. The number of hydrogen-bond donors (Lipinski definition) is 0. The smallest absolute Gasteiger partial charge is 0.292 e. The molecular formula is C19H18N2O4. The zero-order valence-corrected chi connectivity index (χ0v) is 14.1. The molecule has 0 bridgehead atoms. The molecule has 128 valence electrons. The molecule has 6 nitrogen and oxygen atoms in total. The lowest BCUT2D eigenvalue weighted by Gasteiger charge is -2.16. The van der Waals surface area contributed by atoms with Crippen LogP contribution in [0.3, 0.4) is 0 Å². The molecule has 1 aliphatic rings. The number of carbonyl (C=O) groups is 4. The van der Waals surface area contributed by atoms with Crippen LogP contribution in [0.5, 0.6) is 0 Å². The van der Waals surface area contributed by atoms with Gasteiger partial charge in [-0.15, -0.1) is 0 Å². The molecule has 6 heteroatoms. The maximum Gasteiger partial charge on any atom is 0.334 e. The molecule has 2 aromatic carbocycles. The molecule has 2 aromatic rings. The molecule has 3 rings (SSSR count). The Balaban J connectivity index is 1.80. The predicted molar refractivity (Wildman–Crippen MR) is 91.9 cm³/mol. The number of fused-ring (bicyclic) bond motifs is 1. The van der Waals surface area contributed by atoms with E-state index in [9.17, 15) is 19.2 Å². The zero-order chi connectivity index (χ0) is 18.1. The first kappa shape index (κ1) is 16.8. The van der Waals surface area contributed by atoms with Gasteiger partial charge in [-0.25, -0.2) is 9.69 Å². The van der Waals surface area contributed by atoms with E-state index >= 15 is 0 Å². The largest absolute Gasteiger partial charge is 0.334 e. The fourth-order valence-electron chi connectivity index (χ4n) is 2.81. The molecule has 0 aliphatic carbocycles. The number of ketones is 1. The number of amides is 4. The Morgan fingerprint density at radius 1 is 0.920 bits per heavy atom.